The van der Waals surface area contributed by atoms with E-state index in [2.05, 4.69) is 15.5 Å². The van der Waals surface area contributed by atoms with Crippen LogP contribution in [0.5, 0.6) is 11.5 Å². The molecule has 0 saturated carbocycles. The van der Waals surface area contributed by atoms with Crippen molar-refractivity contribution in [1.82, 2.24) is 10.2 Å². The zero-order valence-corrected chi connectivity index (χ0v) is 18.0. The predicted molar refractivity (Wildman–Crippen MR) is 113 cm³/mol. The fourth-order valence-corrected chi connectivity index (χ4v) is 4.76. The Hall–Kier alpha value is -2.00. The normalized spacial score (nSPS) is 10.6. The van der Waals surface area contributed by atoms with Crippen LogP contribution in [0.15, 0.2) is 40.7 Å². The molecule has 0 aliphatic carbocycles. The molecule has 0 radical (unpaired) electrons. The zero-order chi connectivity index (χ0) is 20.1. The second-order valence-corrected chi connectivity index (χ2v) is 8.40. The number of aromatic nitrogens is 2. The van der Waals surface area contributed by atoms with Gasteiger partial charge in [0.2, 0.25) is 5.13 Å². The zero-order valence-electron chi connectivity index (χ0n) is 14.9. The third kappa shape index (κ3) is 4.88. The van der Waals surface area contributed by atoms with E-state index < -0.39 is 0 Å². The van der Waals surface area contributed by atoms with E-state index in [1.165, 1.54) is 37.3 Å². The highest BCUT2D eigenvalue weighted by Gasteiger charge is 2.14. The van der Waals surface area contributed by atoms with E-state index in [-0.39, 0.29) is 5.91 Å². The van der Waals surface area contributed by atoms with Crippen molar-refractivity contribution in [3.8, 4) is 11.5 Å². The minimum Gasteiger partial charge on any atom is -0.493 e. The van der Waals surface area contributed by atoms with E-state index >= 15 is 0 Å². The van der Waals surface area contributed by atoms with Crippen LogP contribution in [0.25, 0.3) is 0 Å². The van der Waals surface area contributed by atoms with Crippen LogP contribution in [-0.2, 0) is 5.75 Å². The van der Waals surface area contributed by atoms with Crippen LogP contribution in [0.4, 0.5) is 5.13 Å². The number of hydrogen-bond acceptors (Lipinski definition) is 7. The molecule has 0 atom stereocenters. The van der Waals surface area contributed by atoms with Crippen molar-refractivity contribution in [2.75, 3.05) is 19.5 Å². The van der Waals surface area contributed by atoms with E-state index in [0.29, 0.717) is 42.3 Å². The highest BCUT2D eigenvalue weighted by molar-refractivity contribution is 8.00. The molecule has 0 unspecified atom stereocenters. The number of halogens is 2. The molecule has 0 bridgehead atoms. The van der Waals surface area contributed by atoms with Gasteiger partial charge in [0.05, 0.1) is 14.2 Å². The number of ether oxygens (including phenoxy) is 2. The third-order valence-electron chi connectivity index (χ3n) is 3.67. The Morgan fingerprint density at radius 3 is 2.50 bits per heavy atom. The van der Waals surface area contributed by atoms with Crippen molar-refractivity contribution in [3.63, 3.8) is 0 Å². The van der Waals surface area contributed by atoms with Crippen molar-refractivity contribution in [3.05, 3.63) is 57.6 Å². The first-order valence-electron chi connectivity index (χ1n) is 7.94. The topological polar surface area (TPSA) is 73.3 Å². The fraction of sp³-hybridized carbons (Fsp3) is 0.167. The molecule has 0 saturated heterocycles. The molecular formula is C18H15Cl2N3O3S2. The summed E-state index contributed by atoms with van der Waals surface area (Å²) < 4.78 is 11.1. The maximum atomic E-state index is 12.4. The summed E-state index contributed by atoms with van der Waals surface area (Å²) in [6.07, 6.45) is 0. The summed E-state index contributed by atoms with van der Waals surface area (Å²) in [5.74, 6) is 1.26. The number of nitrogens with zero attached hydrogens (tertiary/aromatic N) is 2. The standard InChI is InChI=1S/C18H15Cl2N3O3S2/c1-25-14-7-6-10(8-15(14)26-2)16(24)21-17-22-23-18(28-17)27-9-11-12(19)4-3-5-13(11)20/h3-8H,9H2,1-2H3,(H,21,22,24). The van der Waals surface area contributed by atoms with Gasteiger partial charge in [-0.05, 0) is 35.9 Å². The quantitative estimate of drug-likeness (QED) is 0.379. The number of carbonyl (C=O) groups excluding carboxylic acids is 1. The summed E-state index contributed by atoms with van der Waals surface area (Å²) in [4.78, 5) is 12.4. The van der Waals surface area contributed by atoms with Crippen LogP contribution in [0.1, 0.15) is 15.9 Å². The molecule has 146 valence electrons. The number of hydrogen-bond donors (Lipinski definition) is 1. The fourth-order valence-electron chi connectivity index (χ4n) is 2.27. The smallest absolute Gasteiger partial charge is 0.257 e. The molecule has 1 aromatic heterocycles. The third-order valence-corrected chi connectivity index (χ3v) is 6.38. The van der Waals surface area contributed by atoms with Crippen LogP contribution < -0.4 is 14.8 Å². The van der Waals surface area contributed by atoms with Crippen molar-refractivity contribution >= 4 is 57.3 Å². The molecular weight excluding hydrogens is 441 g/mol. The molecule has 0 aliphatic heterocycles. The number of nitrogens with one attached hydrogen (secondary N) is 1. The average molecular weight is 456 g/mol. The lowest BCUT2D eigenvalue weighted by Crippen LogP contribution is -2.11. The van der Waals surface area contributed by atoms with Gasteiger partial charge in [-0.15, -0.1) is 10.2 Å². The number of methoxy groups -OCH3 is 2. The van der Waals surface area contributed by atoms with Crippen LogP contribution in [0.3, 0.4) is 0 Å². The molecule has 10 heteroatoms. The molecule has 0 spiro atoms. The first kappa shape index (κ1) is 20.7. The van der Waals surface area contributed by atoms with E-state index in [1.807, 2.05) is 0 Å². The van der Waals surface area contributed by atoms with Gasteiger partial charge in [0.1, 0.15) is 0 Å². The van der Waals surface area contributed by atoms with Gasteiger partial charge in [0.15, 0.2) is 15.8 Å². The maximum Gasteiger partial charge on any atom is 0.257 e. The maximum absolute atomic E-state index is 12.4. The van der Waals surface area contributed by atoms with Gasteiger partial charge in [-0.3, -0.25) is 10.1 Å². The van der Waals surface area contributed by atoms with Crippen LogP contribution in [-0.4, -0.2) is 30.3 Å². The molecule has 28 heavy (non-hydrogen) atoms. The first-order valence-corrected chi connectivity index (χ1v) is 10.5. The predicted octanol–water partition coefficient (Wildman–Crippen LogP) is 5.41. The summed E-state index contributed by atoms with van der Waals surface area (Å²) in [5.41, 5.74) is 1.26. The van der Waals surface area contributed by atoms with Gasteiger partial charge >= 0.3 is 0 Å². The van der Waals surface area contributed by atoms with E-state index in [4.69, 9.17) is 32.7 Å². The summed E-state index contributed by atoms with van der Waals surface area (Å²) in [7, 11) is 3.05. The number of amides is 1. The Kier molecular flexibility index (Phi) is 7.01. The molecule has 1 heterocycles. The Morgan fingerprint density at radius 1 is 1.11 bits per heavy atom. The molecule has 6 nitrogen and oxygen atoms in total. The van der Waals surface area contributed by atoms with Crippen LogP contribution in [0.2, 0.25) is 10.0 Å². The molecule has 3 aromatic rings. The second-order valence-electron chi connectivity index (χ2n) is 5.39. The van der Waals surface area contributed by atoms with Gasteiger partial charge in [0, 0.05) is 21.4 Å². The van der Waals surface area contributed by atoms with Crippen molar-refractivity contribution in [2.24, 2.45) is 0 Å². The second kappa shape index (κ2) is 9.47. The highest BCUT2D eigenvalue weighted by atomic mass is 35.5. The number of benzene rings is 2. The summed E-state index contributed by atoms with van der Waals surface area (Å²) in [6, 6.07) is 10.3. The minimum atomic E-state index is -0.317. The van der Waals surface area contributed by atoms with E-state index in [9.17, 15) is 4.79 Å². The number of thioether (sulfide) groups is 1. The van der Waals surface area contributed by atoms with Crippen LogP contribution >= 0.6 is 46.3 Å². The summed E-state index contributed by atoms with van der Waals surface area (Å²) in [6.45, 7) is 0. The largest absolute Gasteiger partial charge is 0.493 e. The van der Waals surface area contributed by atoms with Crippen molar-refractivity contribution in [2.45, 2.75) is 10.1 Å². The minimum absolute atomic E-state index is 0.317. The lowest BCUT2D eigenvalue weighted by Gasteiger charge is -2.08. The van der Waals surface area contributed by atoms with Crippen molar-refractivity contribution in [1.29, 1.82) is 0 Å². The Bertz CT molecular complexity index is 978. The molecule has 0 aliphatic rings. The first-order chi connectivity index (χ1) is 13.5. The van der Waals surface area contributed by atoms with Gasteiger partial charge in [-0.2, -0.15) is 0 Å². The monoisotopic (exact) mass is 455 g/mol. The summed E-state index contributed by atoms with van der Waals surface area (Å²) >= 11 is 15.1. The molecule has 1 amide bonds. The summed E-state index contributed by atoms with van der Waals surface area (Å²) in [5, 5.41) is 12.4. The Labute approximate surface area is 180 Å². The molecule has 0 fully saturated rings. The molecule has 1 N–H and O–H groups in total. The Morgan fingerprint density at radius 2 is 1.82 bits per heavy atom. The van der Waals surface area contributed by atoms with Gasteiger partial charge in [-0.1, -0.05) is 52.4 Å². The van der Waals surface area contributed by atoms with Gasteiger partial charge in [-0.25, -0.2) is 0 Å². The van der Waals surface area contributed by atoms with E-state index in [0.717, 1.165) is 5.56 Å². The highest BCUT2D eigenvalue weighted by Crippen LogP contribution is 2.34. The van der Waals surface area contributed by atoms with Crippen molar-refractivity contribution < 1.29 is 14.3 Å². The molecule has 2 aromatic carbocycles. The SMILES string of the molecule is COc1ccc(C(=O)Nc2nnc(SCc3c(Cl)cccc3Cl)s2)cc1OC. The van der Waals surface area contributed by atoms with Crippen LogP contribution in [0, 0.1) is 0 Å². The van der Waals surface area contributed by atoms with Gasteiger partial charge in [0.25, 0.3) is 5.91 Å². The number of carbonyl (C=O) groups is 1. The molecule has 3 rings (SSSR count). The number of rotatable bonds is 7. The lowest BCUT2D eigenvalue weighted by atomic mass is 10.2. The lowest BCUT2D eigenvalue weighted by molar-refractivity contribution is 0.102. The van der Waals surface area contributed by atoms with E-state index in [1.54, 1.807) is 36.4 Å². The Balaban J connectivity index is 1.65. The van der Waals surface area contributed by atoms with Gasteiger partial charge < -0.3 is 9.47 Å². The average Bonchev–Trinajstić information content (AvgIpc) is 3.14. The number of anilines is 1.